The molecule has 0 unspecified atom stereocenters. The van der Waals surface area contributed by atoms with Gasteiger partial charge in [0, 0.05) is 37.9 Å². The Labute approximate surface area is 146 Å². The molecule has 1 aliphatic carbocycles. The molecule has 0 spiro atoms. The number of benzene rings is 1. The molecule has 1 amide bonds. The van der Waals surface area contributed by atoms with E-state index in [1.54, 1.807) is 0 Å². The molecule has 2 aliphatic rings. The molecule has 0 radical (unpaired) electrons. The second kappa shape index (κ2) is 8.02. The van der Waals surface area contributed by atoms with Gasteiger partial charge in [-0.2, -0.15) is 0 Å². The fourth-order valence-electron chi connectivity index (χ4n) is 4.04. The van der Waals surface area contributed by atoms with Crippen molar-refractivity contribution in [3.05, 3.63) is 30.3 Å². The third-order valence-corrected chi connectivity index (χ3v) is 5.91. The Morgan fingerprint density at radius 3 is 2.50 bits per heavy atom. The quantitative estimate of drug-likeness (QED) is 0.922. The van der Waals surface area contributed by atoms with E-state index in [4.69, 9.17) is 0 Å². The maximum Gasteiger partial charge on any atom is 0.234 e. The Hall–Kier alpha value is -1.55. The van der Waals surface area contributed by atoms with Crippen LogP contribution in [-0.2, 0) is 4.79 Å². The highest BCUT2D eigenvalue weighted by Gasteiger charge is 2.28. The Morgan fingerprint density at radius 1 is 1.08 bits per heavy atom. The average Bonchev–Trinajstić information content (AvgIpc) is 2.60. The summed E-state index contributed by atoms with van der Waals surface area (Å²) >= 11 is 0. The molecule has 1 saturated carbocycles. The van der Waals surface area contributed by atoms with Gasteiger partial charge >= 0.3 is 0 Å². The van der Waals surface area contributed by atoms with Crippen molar-refractivity contribution in [3.63, 3.8) is 0 Å². The summed E-state index contributed by atoms with van der Waals surface area (Å²) in [5.41, 5.74) is 1.28. The predicted molar refractivity (Wildman–Crippen MR) is 99.2 cm³/mol. The molecule has 3 atom stereocenters. The van der Waals surface area contributed by atoms with E-state index in [9.17, 15) is 4.79 Å². The smallest absolute Gasteiger partial charge is 0.234 e. The van der Waals surface area contributed by atoms with Crippen LogP contribution in [0.4, 0.5) is 5.69 Å². The van der Waals surface area contributed by atoms with Gasteiger partial charge in [0.1, 0.15) is 0 Å². The van der Waals surface area contributed by atoms with Gasteiger partial charge < -0.3 is 10.2 Å². The number of carbonyl (C=O) groups excluding carboxylic acids is 1. The van der Waals surface area contributed by atoms with Gasteiger partial charge in [0.25, 0.3) is 0 Å². The summed E-state index contributed by atoms with van der Waals surface area (Å²) in [6.07, 6.45) is 3.68. The summed E-state index contributed by atoms with van der Waals surface area (Å²) in [6, 6.07) is 10.9. The number of rotatable bonds is 4. The third-order valence-electron chi connectivity index (χ3n) is 5.91. The van der Waals surface area contributed by atoms with Crippen molar-refractivity contribution in [1.82, 2.24) is 10.2 Å². The SMILES string of the molecule is C[C@@H]1[C@H](C)CCC[C@@H]1NC(=O)CN1CCN(c2ccccc2)CC1. The first-order valence-corrected chi connectivity index (χ1v) is 9.45. The van der Waals surface area contributed by atoms with Crippen LogP contribution in [0.1, 0.15) is 33.1 Å². The van der Waals surface area contributed by atoms with Crippen LogP contribution in [0.3, 0.4) is 0 Å². The lowest BCUT2D eigenvalue weighted by molar-refractivity contribution is -0.123. The van der Waals surface area contributed by atoms with Gasteiger partial charge in [-0.3, -0.25) is 9.69 Å². The van der Waals surface area contributed by atoms with Crippen molar-refractivity contribution >= 4 is 11.6 Å². The highest BCUT2D eigenvalue weighted by atomic mass is 16.2. The predicted octanol–water partition coefficient (Wildman–Crippen LogP) is 2.75. The van der Waals surface area contributed by atoms with Crippen LogP contribution in [0.2, 0.25) is 0 Å². The normalized spacial score (nSPS) is 28.6. The van der Waals surface area contributed by atoms with Crippen LogP contribution >= 0.6 is 0 Å². The minimum absolute atomic E-state index is 0.203. The number of piperazine rings is 1. The molecule has 4 nitrogen and oxygen atoms in total. The molecule has 24 heavy (non-hydrogen) atoms. The number of hydrogen-bond donors (Lipinski definition) is 1. The summed E-state index contributed by atoms with van der Waals surface area (Å²) in [5.74, 6) is 1.52. The van der Waals surface area contributed by atoms with Gasteiger partial charge in [0.2, 0.25) is 5.91 Å². The highest BCUT2D eigenvalue weighted by molar-refractivity contribution is 5.78. The molecule has 1 aromatic carbocycles. The lowest BCUT2D eigenvalue weighted by Gasteiger charge is -2.37. The molecular weight excluding hydrogens is 298 g/mol. The number of anilines is 1. The number of amides is 1. The zero-order valence-corrected chi connectivity index (χ0v) is 15.1. The van der Waals surface area contributed by atoms with Gasteiger partial charge in [-0.15, -0.1) is 0 Å². The van der Waals surface area contributed by atoms with Gasteiger partial charge in [0.15, 0.2) is 0 Å². The molecule has 0 aromatic heterocycles. The van der Waals surface area contributed by atoms with Crippen LogP contribution < -0.4 is 10.2 Å². The molecule has 2 fully saturated rings. The molecule has 1 heterocycles. The van der Waals surface area contributed by atoms with Crippen molar-refractivity contribution in [3.8, 4) is 0 Å². The Balaban J connectivity index is 1.43. The standard InChI is InChI=1S/C20H31N3O/c1-16-7-6-10-19(17(16)2)21-20(24)15-22-11-13-23(14-12-22)18-8-4-3-5-9-18/h3-5,8-9,16-17,19H,6-7,10-15H2,1-2H3,(H,21,24)/t16-,17-,19+/m1/s1. The highest BCUT2D eigenvalue weighted by Crippen LogP contribution is 2.29. The molecular formula is C20H31N3O. The van der Waals surface area contributed by atoms with Crippen LogP contribution in [0, 0.1) is 11.8 Å². The van der Waals surface area contributed by atoms with E-state index in [1.807, 2.05) is 0 Å². The maximum absolute atomic E-state index is 12.4. The van der Waals surface area contributed by atoms with E-state index in [1.165, 1.54) is 18.5 Å². The maximum atomic E-state index is 12.4. The molecule has 1 saturated heterocycles. The summed E-state index contributed by atoms with van der Waals surface area (Å²) in [4.78, 5) is 17.1. The Kier molecular flexibility index (Phi) is 5.77. The largest absolute Gasteiger partial charge is 0.369 e. The van der Waals surface area contributed by atoms with Gasteiger partial charge in [0.05, 0.1) is 6.54 Å². The molecule has 132 valence electrons. The third kappa shape index (κ3) is 4.29. The average molecular weight is 329 g/mol. The first-order chi connectivity index (χ1) is 11.6. The summed E-state index contributed by atoms with van der Waals surface area (Å²) < 4.78 is 0. The first-order valence-electron chi connectivity index (χ1n) is 9.45. The number of carbonyl (C=O) groups is 1. The first kappa shape index (κ1) is 17.3. The number of nitrogens with zero attached hydrogens (tertiary/aromatic N) is 2. The second-order valence-electron chi connectivity index (χ2n) is 7.54. The fraction of sp³-hybridized carbons (Fsp3) is 0.650. The van der Waals surface area contributed by atoms with E-state index in [0.29, 0.717) is 18.5 Å². The molecule has 4 heteroatoms. The zero-order chi connectivity index (χ0) is 16.9. The zero-order valence-electron chi connectivity index (χ0n) is 15.1. The fourth-order valence-corrected chi connectivity index (χ4v) is 4.04. The van der Waals surface area contributed by atoms with Crippen molar-refractivity contribution in [2.24, 2.45) is 11.8 Å². The number of nitrogens with one attached hydrogen (secondary N) is 1. The van der Waals surface area contributed by atoms with Crippen LogP contribution in [0.5, 0.6) is 0 Å². The summed E-state index contributed by atoms with van der Waals surface area (Å²) in [7, 11) is 0. The van der Waals surface area contributed by atoms with Crippen LogP contribution in [0.25, 0.3) is 0 Å². The monoisotopic (exact) mass is 329 g/mol. The Morgan fingerprint density at radius 2 is 1.79 bits per heavy atom. The number of hydrogen-bond acceptors (Lipinski definition) is 3. The second-order valence-corrected chi connectivity index (χ2v) is 7.54. The lowest BCUT2D eigenvalue weighted by Crippen LogP contribution is -2.52. The topological polar surface area (TPSA) is 35.6 Å². The molecule has 0 bridgehead atoms. The van der Waals surface area contributed by atoms with E-state index >= 15 is 0 Å². The Bertz CT molecular complexity index is 525. The minimum Gasteiger partial charge on any atom is -0.369 e. The lowest BCUT2D eigenvalue weighted by atomic mass is 9.78. The van der Waals surface area contributed by atoms with Crippen LogP contribution in [-0.4, -0.2) is 49.6 Å². The van der Waals surface area contributed by atoms with Gasteiger partial charge in [-0.25, -0.2) is 0 Å². The molecule has 3 rings (SSSR count). The molecule has 1 N–H and O–H groups in total. The van der Waals surface area contributed by atoms with E-state index in [0.717, 1.165) is 38.5 Å². The minimum atomic E-state index is 0.203. The van der Waals surface area contributed by atoms with Crippen molar-refractivity contribution < 1.29 is 4.79 Å². The molecule has 1 aromatic rings. The van der Waals surface area contributed by atoms with Gasteiger partial charge in [-0.1, -0.05) is 44.9 Å². The summed E-state index contributed by atoms with van der Waals surface area (Å²) in [5, 5.41) is 3.30. The van der Waals surface area contributed by atoms with Crippen molar-refractivity contribution in [1.29, 1.82) is 0 Å². The van der Waals surface area contributed by atoms with Gasteiger partial charge in [-0.05, 0) is 30.4 Å². The van der Waals surface area contributed by atoms with E-state index in [-0.39, 0.29) is 5.91 Å². The summed E-state index contributed by atoms with van der Waals surface area (Å²) in [6.45, 7) is 9.04. The van der Waals surface area contributed by atoms with Crippen molar-refractivity contribution in [2.75, 3.05) is 37.6 Å². The van der Waals surface area contributed by atoms with E-state index < -0.39 is 0 Å². The van der Waals surface area contributed by atoms with Crippen molar-refractivity contribution in [2.45, 2.75) is 39.2 Å². The van der Waals surface area contributed by atoms with E-state index in [2.05, 4.69) is 59.3 Å². The molecule has 1 aliphatic heterocycles. The number of para-hydroxylation sites is 1. The van der Waals surface area contributed by atoms with Crippen LogP contribution in [0.15, 0.2) is 30.3 Å².